The number of amides is 3. The highest BCUT2D eigenvalue weighted by Gasteiger charge is 2.27. The molecule has 20 heavy (non-hydrogen) atoms. The molecule has 1 rings (SSSR count). The maximum atomic E-state index is 12.0. The summed E-state index contributed by atoms with van der Waals surface area (Å²) in [6.45, 7) is 4.62. The van der Waals surface area contributed by atoms with Crippen LogP contribution in [0.2, 0.25) is 0 Å². The molecule has 2 N–H and O–H groups in total. The van der Waals surface area contributed by atoms with Crippen LogP contribution in [0.4, 0.5) is 4.79 Å². The molecule has 1 atom stereocenters. The van der Waals surface area contributed by atoms with Gasteiger partial charge in [0.05, 0.1) is 0 Å². The van der Waals surface area contributed by atoms with Gasteiger partial charge in [-0.2, -0.15) is 0 Å². The van der Waals surface area contributed by atoms with Crippen molar-refractivity contribution in [3.8, 4) is 0 Å². The summed E-state index contributed by atoms with van der Waals surface area (Å²) in [6, 6.07) is 6.07. The summed E-state index contributed by atoms with van der Waals surface area (Å²) < 4.78 is 0. The van der Waals surface area contributed by atoms with Crippen molar-refractivity contribution in [1.29, 1.82) is 0 Å². The number of carbonyl (C=O) groups is 3. The van der Waals surface area contributed by atoms with E-state index in [1.54, 1.807) is 44.2 Å². The van der Waals surface area contributed by atoms with Crippen molar-refractivity contribution in [3.63, 3.8) is 0 Å². The zero-order valence-corrected chi connectivity index (χ0v) is 11.7. The highest BCUT2D eigenvalue weighted by atomic mass is 16.4. The molecule has 6 nitrogen and oxygen atoms in total. The first-order valence-electron chi connectivity index (χ1n) is 6.22. The second-order valence-corrected chi connectivity index (χ2v) is 4.61. The van der Waals surface area contributed by atoms with Crippen LogP contribution in [0.1, 0.15) is 32.4 Å². The van der Waals surface area contributed by atoms with Crippen molar-refractivity contribution in [3.05, 3.63) is 35.9 Å². The minimum atomic E-state index is -1.19. The number of benzene rings is 1. The highest BCUT2D eigenvalue weighted by Crippen LogP contribution is 2.14. The lowest BCUT2D eigenvalue weighted by Crippen LogP contribution is -2.48. The van der Waals surface area contributed by atoms with Crippen molar-refractivity contribution in [2.75, 3.05) is 0 Å². The number of carboxylic acids is 1. The van der Waals surface area contributed by atoms with Crippen molar-refractivity contribution in [2.45, 2.75) is 32.9 Å². The zero-order chi connectivity index (χ0) is 15.3. The molecule has 1 unspecified atom stereocenters. The van der Waals surface area contributed by atoms with Gasteiger partial charge in [0.25, 0.3) is 0 Å². The molecule has 0 fully saturated rings. The van der Waals surface area contributed by atoms with Gasteiger partial charge in [-0.3, -0.25) is 9.69 Å². The summed E-state index contributed by atoms with van der Waals surface area (Å²) in [4.78, 5) is 35.7. The lowest BCUT2D eigenvalue weighted by atomic mass is 10.1. The second-order valence-electron chi connectivity index (χ2n) is 4.61. The number of hydrogen-bond acceptors (Lipinski definition) is 3. The average Bonchev–Trinajstić information content (AvgIpc) is 2.35. The number of hydrogen-bond donors (Lipinski definition) is 2. The van der Waals surface area contributed by atoms with Gasteiger partial charge >= 0.3 is 12.0 Å². The molecule has 0 saturated carbocycles. The van der Waals surface area contributed by atoms with E-state index in [0.717, 1.165) is 4.90 Å². The minimum Gasteiger partial charge on any atom is -0.479 e. The third-order valence-corrected chi connectivity index (χ3v) is 2.72. The zero-order valence-electron chi connectivity index (χ0n) is 11.7. The molecule has 1 aromatic carbocycles. The van der Waals surface area contributed by atoms with Crippen molar-refractivity contribution in [2.24, 2.45) is 0 Å². The highest BCUT2D eigenvalue weighted by molar-refractivity contribution is 5.95. The largest absolute Gasteiger partial charge is 0.479 e. The quantitative estimate of drug-likeness (QED) is 0.879. The Morgan fingerprint density at radius 2 is 1.70 bits per heavy atom. The van der Waals surface area contributed by atoms with Gasteiger partial charge in [0.1, 0.15) is 0 Å². The second kappa shape index (κ2) is 6.70. The van der Waals surface area contributed by atoms with E-state index < -0.39 is 23.9 Å². The maximum Gasteiger partial charge on any atom is 0.330 e. The van der Waals surface area contributed by atoms with Crippen LogP contribution in [0.15, 0.2) is 30.3 Å². The predicted octanol–water partition coefficient (Wildman–Crippen LogP) is 1.78. The Morgan fingerprint density at radius 1 is 1.15 bits per heavy atom. The van der Waals surface area contributed by atoms with E-state index in [-0.39, 0.29) is 6.04 Å². The van der Waals surface area contributed by atoms with Gasteiger partial charge in [0, 0.05) is 13.0 Å². The SMILES string of the molecule is CC(=O)N(C(=O)NC(C(=O)O)c1ccccc1)C(C)C. The van der Waals surface area contributed by atoms with E-state index in [0.29, 0.717) is 5.56 Å². The number of urea groups is 1. The Balaban J connectivity index is 2.94. The first-order valence-corrected chi connectivity index (χ1v) is 6.22. The Bertz CT molecular complexity index is 499. The number of imide groups is 1. The monoisotopic (exact) mass is 278 g/mol. The third kappa shape index (κ3) is 3.81. The van der Waals surface area contributed by atoms with E-state index in [4.69, 9.17) is 0 Å². The molecule has 6 heteroatoms. The lowest BCUT2D eigenvalue weighted by Gasteiger charge is -2.25. The molecule has 0 aliphatic carbocycles. The van der Waals surface area contributed by atoms with E-state index >= 15 is 0 Å². The number of rotatable bonds is 4. The van der Waals surface area contributed by atoms with Gasteiger partial charge in [-0.15, -0.1) is 0 Å². The third-order valence-electron chi connectivity index (χ3n) is 2.72. The molecule has 0 aliphatic heterocycles. The number of aliphatic carboxylic acids is 1. The molecule has 108 valence electrons. The molecule has 1 aromatic rings. The molecule has 0 saturated heterocycles. The van der Waals surface area contributed by atoms with Crippen molar-refractivity contribution < 1.29 is 19.5 Å². The summed E-state index contributed by atoms with van der Waals surface area (Å²) in [6.07, 6.45) is 0. The summed E-state index contributed by atoms with van der Waals surface area (Å²) >= 11 is 0. The minimum absolute atomic E-state index is 0.349. The van der Waals surface area contributed by atoms with Gasteiger partial charge in [0.2, 0.25) is 5.91 Å². The summed E-state index contributed by atoms with van der Waals surface area (Å²) in [7, 11) is 0. The fraction of sp³-hybridized carbons (Fsp3) is 0.357. The number of carboxylic acid groups (broad SMARTS) is 1. The Hall–Kier alpha value is -2.37. The predicted molar refractivity (Wildman–Crippen MR) is 73.0 cm³/mol. The van der Waals surface area contributed by atoms with Gasteiger partial charge in [0.15, 0.2) is 6.04 Å². The standard InChI is InChI=1S/C14H18N2O4/c1-9(2)16(10(3)17)14(20)15-12(13(18)19)11-7-5-4-6-8-11/h4-9,12H,1-3H3,(H,15,20)(H,18,19). The molecule has 0 aliphatic rings. The summed E-state index contributed by atoms with van der Waals surface area (Å²) in [5.74, 6) is -1.62. The smallest absolute Gasteiger partial charge is 0.330 e. The van der Waals surface area contributed by atoms with Crippen LogP contribution in [-0.2, 0) is 9.59 Å². The average molecular weight is 278 g/mol. The van der Waals surface area contributed by atoms with E-state index in [9.17, 15) is 19.5 Å². The number of nitrogens with zero attached hydrogens (tertiary/aromatic N) is 1. The van der Waals surface area contributed by atoms with Gasteiger partial charge in [-0.25, -0.2) is 9.59 Å². The fourth-order valence-corrected chi connectivity index (χ4v) is 1.87. The lowest BCUT2D eigenvalue weighted by molar-refractivity contribution is -0.139. The van der Waals surface area contributed by atoms with Crippen LogP contribution in [-0.4, -0.2) is 34.0 Å². The van der Waals surface area contributed by atoms with Crippen molar-refractivity contribution >= 4 is 17.9 Å². The van der Waals surface area contributed by atoms with Crippen molar-refractivity contribution in [1.82, 2.24) is 10.2 Å². The van der Waals surface area contributed by atoms with Crippen LogP contribution in [0, 0.1) is 0 Å². The first kappa shape index (κ1) is 15.7. The first-order chi connectivity index (χ1) is 9.34. The Kier molecular flexibility index (Phi) is 5.25. The summed E-state index contributed by atoms with van der Waals surface area (Å²) in [5.41, 5.74) is 0.445. The van der Waals surface area contributed by atoms with Gasteiger partial charge < -0.3 is 10.4 Å². The van der Waals surface area contributed by atoms with Crippen LogP contribution in [0.5, 0.6) is 0 Å². The van der Waals surface area contributed by atoms with Gasteiger partial charge in [-0.05, 0) is 19.4 Å². The molecule has 3 amide bonds. The number of carbonyl (C=O) groups excluding carboxylic acids is 2. The van der Waals surface area contributed by atoms with E-state index in [1.807, 2.05) is 0 Å². The molecule has 0 aromatic heterocycles. The fourth-order valence-electron chi connectivity index (χ4n) is 1.87. The Morgan fingerprint density at radius 3 is 2.10 bits per heavy atom. The molecular weight excluding hydrogens is 260 g/mol. The van der Waals surface area contributed by atoms with Crippen LogP contribution in [0.25, 0.3) is 0 Å². The molecule has 0 bridgehead atoms. The van der Waals surface area contributed by atoms with Crippen LogP contribution < -0.4 is 5.32 Å². The molecule has 0 spiro atoms. The molecule has 0 heterocycles. The topological polar surface area (TPSA) is 86.7 Å². The van der Waals surface area contributed by atoms with Gasteiger partial charge in [-0.1, -0.05) is 30.3 Å². The van der Waals surface area contributed by atoms with Crippen LogP contribution >= 0.6 is 0 Å². The Labute approximate surface area is 117 Å². The molecular formula is C14H18N2O4. The van der Waals surface area contributed by atoms with Crippen LogP contribution in [0.3, 0.4) is 0 Å². The maximum absolute atomic E-state index is 12.0. The van der Waals surface area contributed by atoms with E-state index in [2.05, 4.69) is 5.32 Å². The normalized spacial score (nSPS) is 11.8. The summed E-state index contributed by atoms with van der Waals surface area (Å²) in [5, 5.41) is 11.6. The van der Waals surface area contributed by atoms with E-state index in [1.165, 1.54) is 6.92 Å². The number of nitrogens with one attached hydrogen (secondary N) is 1. The molecule has 0 radical (unpaired) electrons.